The summed E-state index contributed by atoms with van der Waals surface area (Å²) in [5.41, 5.74) is 10.4. The second kappa shape index (κ2) is 11.2. The van der Waals surface area contributed by atoms with Crippen LogP contribution in [0.15, 0.2) is 146 Å². The Bertz CT molecular complexity index is 2480. The van der Waals surface area contributed by atoms with E-state index in [1.807, 2.05) is 0 Å². The third kappa shape index (κ3) is 5.08. The Morgan fingerprint density at radius 3 is 1.38 bits per heavy atom. The highest BCUT2D eigenvalue weighted by atomic mass is 14.3. The highest BCUT2D eigenvalue weighted by molar-refractivity contribution is 6.23. The fourth-order valence-corrected chi connectivity index (χ4v) is 7.50. The fraction of sp³-hybridized carbons (Fsp3) is 0.167. The van der Waals surface area contributed by atoms with Gasteiger partial charge in [0.2, 0.25) is 0 Å². The van der Waals surface area contributed by atoms with E-state index in [9.17, 15) is 0 Å². The number of fused-ring (bicyclic) bond motifs is 5. The Morgan fingerprint density at radius 1 is 0.312 bits per heavy atom. The molecule has 0 heteroatoms. The Kier molecular flexibility index (Phi) is 7.04. The van der Waals surface area contributed by atoms with Gasteiger partial charge in [-0.3, -0.25) is 0 Å². The molecule has 48 heavy (non-hydrogen) atoms. The summed E-state index contributed by atoms with van der Waals surface area (Å²) < 4.78 is 0. The van der Waals surface area contributed by atoms with Crippen LogP contribution in [0.1, 0.15) is 52.7 Å². The van der Waals surface area contributed by atoms with E-state index in [1.54, 1.807) is 0 Å². The van der Waals surface area contributed by atoms with Crippen LogP contribution in [0.3, 0.4) is 0 Å². The highest BCUT2D eigenvalue weighted by Gasteiger charge is 2.23. The molecule has 0 nitrogen and oxygen atoms in total. The minimum absolute atomic E-state index is 0.0246. The van der Waals surface area contributed by atoms with Crippen LogP contribution in [-0.2, 0) is 10.8 Å². The first-order chi connectivity index (χ1) is 23.1. The van der Waals surface area contributed by atoms with Crippen LogP contribution in [-0.4, -0.2) is 0 Å². The number of hydrogen-bond donors (Lipinski definition) is 0. The van der Waals surface area contributed by atoms with Gasteiger partial charge < -0.3 is 0 Å². The minimum Gasteiger partial charge on any atom is -0.0622 e. The maximum Gasteiger partial charge on any atom is -0.00260 e. The molecule has 0 fully saturated rings. The molecule has 0 amide bonds. The smallest absolute Gasteiger partial charge is 0.00260 e. The maximum atomic E-state index is 2.47. The van der Waals surface area contributed by atoms with Gasteiger partial charge in [0.1, 0.15) is 0 Å². The molecule has 234 valence electrons. The van der Waals surface area contributed by atoms with Crippen LogP contribution in [0.2, 0.25) is 0 Å². The van der Waals surface area contributed by atoms with Crippen molar-refractivity contribution in [2.24, 2.45) is 0 Å². The van der Waals surface area contributed by atoms with Crippen LogP contribution >= 0.6 is 0 Å². The molecule has 0 unspecified atom stereocenters. The molecular formula is C48H42. The number of benzene rings is 8. The van der Waals surface area contributed by atoms with Gasteiger partial charge in [0.15, 0.2) is 0 Å². The van der Waals surface area contributed by atoms with Crippen molar-refractivity contribution in [3.8, 4) is 33.4 Å². The maximum absolute atomic E-state index is 2.47. The summed E-state index contributed by atoms with van der Waals surface area (Å²) in [5, 5.41) is 10.3. The molecular weight excluding hydrogens is 577 g/mol. The molecule has 0 saturated heterocycles. The van der Waals surface area contributed by atoms with E-state index in [0.29, 0.717) is 0 Å². The van der Waals surface area contributed by atoms with E-state index in [0.717, 1.165) is 0 Å². The summed E-state index contributed by atoms with van der Waals surface area (Å²) in [5.74, 6) is 0. The Morgan fingerprint density at radius 2 is 0.812 bits per heavy atom. The Hall–Kier alpha value is -5.20. The SMILES string of the molecule is CC(C)(C)c1ccc2c(-c3ccc4cc(-c5ccccc5)c5ccccc5c4c3)c3cc(C(C)(C)C)ccc3c(-c3ccccc3)c2c1. The first-order valence-electron chi connectivity index (χ1n) is 17.2. The molecule has 0 aliphatic heterocycles. The van der Waals surface area contributed by atoms with Gasteiger partial charge in [-0.25, -0.2) is 0 Å². The molecule has 0 bridgehead atoms. The highest BCUT2D eigenvalue weighted by Crippen LogP contribution is 2.47. The molecule has 8 rings (SSSR count). The second-order valence-corrected chi connectivity index (χ2v) is 15.4. The van der Waals surface area contributed by atoms with Crippen LogP contribution < -0.4 is 0 Å². The monoisotopic (exact) mass is 618 g/mol. The Labute approximate surface area is 284 Å². The summed E-state index contributed by atoms with van der Waals surface area (Å²) in [6.45, 7) is 13.9. The van der Waals surface area contributed by atoms with Crippen molar-refractivity contribution in [3.05, 3.63) is 157 Å². The van der Waals surface area contributed by atoms with Crippen LogP contribution in [0.4, 0.5) is 0 Å². The third-order valence-electron chi connectivity index (χ3n) is 10.1. The van der Waals surface area contributed by atoms with Crippen molar-refractivity contribution in [1.29, 1.82) is 0 Å². The van der Waals surface area contributed by atoms with E-state index in [-0.39, 0.29) is 10.8 Å². The molecule has 0 aliphatic rings. The summed E-state index contributed by atoms with van der Waals surface area (Å²) in [6.07, 6.45) is 0. The van der Waals surface area contributed by atoms with E-state index < -0.39 is 0 Å². The van der Waals surface area contributed by atoms with E-state index in [4.69, 9.17) is 0 Å². The zero-order valence-corrected chi connectivity index (χ0v) is 28.9. The minimum atomic E-state index is 0.0246. The molecule has 8 aromatic carbocycles. The van der Waals surface area contributed by atoms with Crippen molar-refractivity contribution < 1.29 is 0 Å². The van der Waals surface area contributed by atoms with Crippen LogP contribution in [0, 0.1) is 0 Å². The lowest BCUT2D eigenvalue weighted by atomic mass is 9.79. The topological polar surface area (TPSA) is 0 Å². The summed E-state index contributed by atoms with van der Waals surface area (Å²) >= 11 is 0. The first-order valence-corrected chi connectivity index (χ1v) is 17.2. The summed E-state index contributed by atoms with van der Waals surface area (Å²) in [6, 6.07) is 54.5. The van der Waals surface area contributed by atoms with Gasteiger partial charge in [-0.15, -0.1) is 0 Å². The molecule has 8 aromatic rings. The largest absolute Gasteiger partial charge is 0.0622 e. The van der Waals surface area contributed by atoms with Gasteiger partial charge in [0, 0.05) is 0 Å². The molecule has 0 heterocycles. The van der Waals surface area contributed by atoms with Gasteiger partial charge in [-0.1, -0.05) is 163 Å². The van der Waals surface area contributed by atoms with Gasteiger partial charge in [-0.2, -0.15) is 0 Å². The van der Waals surface area contributed by atoms with Gasteiger partial charge in [0.25, 0.3) is 0 Å². The Balaban J connectivity index is 1.51. The van der Waals surface area contributed by atoms with Gasteiger partial charge in [0.05, 0.1) is 0 Å². The first kappa shape index (κ1) is 30.2. The number of rotatable bonds is 3. The van der Waals surface area contributed by atoms with Crippen LogP contribution in [0.5, 0.6) is 0 Å². The average molecular weight is 619 g/mol. The molecule has 0 spiro atoms. The van der Waals surface area contributed by atoms with E-state index >= 15 is 0 Å². The van der Waals surface area contributed by atoms with Crippen molar-refractivity contribution in [2.75, 3.05) is 0 Å². The normalized spacial score (nSPS) is 12.4. The zero-order valence-electron chi connectivity index (χ0n) is 28.9. The standard InChI is InChI=1S/C48H42/c1-47(2,3)35-24-26-40-43(29-35)45(32-17-11-8-12-18-32)39-25-23-36(48(4,5)6)30-44(39)46(40)34-22-21-33-27-41(31-15-9-7-10-16-31)37-19-13-14-20-38(37)42(33)28-34/h7-30H,1-6H3. The van der Waals surface area contributed by atoms with E-state index in [1.165, 1.54) is 87.6 Å². The van der Waals surface area contributed by atoms with Crippen LogP contribution in [0.25, 0.3) is 76.5 Å². The van der Waals surface area contributed by atoms with Crippen molar-refractivity contribution in [2.45, 2.75) is 52.4 Å². The lowest BCUT2D eigenvalue weighted by Crippen LogP contribution is -2.11. The number of hydrogen-bond acceptors (Lipinski definition) is 0. The van der Waals surface area contributed by atoms with E-state index in [2.05, 4.69) is 187 Å². The lowest BCUT2D eigenvalue weighted by molar-refractivity contribution is 0.590. The molecule has 0 radical (unpaired) electrons. The molecule has 0 atom stereocenters. The summed E-state index contributed by atoms with van der Waals surface area (Å²) in [4.78, 5) is 0. The molecule has 0 aromatic heterocycles. The predicted molar refractivity (Wildman–Crippen MR) is 210 cm³/mol. The third-order valence-corrected chi connectivity index (χ3v) is 10.1. The van der Waals surface area contributed by atoms with Crippen molar-refractivity contribution >= 4 is 43.1 Å². The second-order valence-electron chi connectivity index (χ2n) is 15.4. The van der Waals surface area contributed by atoms with Crippen molar-refractivity contribution in [3.63, 3.8) is 0 Å². The summed E-state index contributed by atoms with van der Waals surface area (Å²) in [7, 11) is 0. The fourth-order valence-electron chi connectivity index (χ4n) is 7.50. The molecule has 0 aliphatic carbocycles. The van der Waals surface area contributed by atoms with Crippen molar-refractivity contribution in [1.82, 2.24) is 0 Å². The lowest BCUT2D eigenvalue weighted by Gasteiger charge is -2.25. The predicted octanol–water partition coefficient (Wildman–Crippen LogP) is 13.9. The van der Waals surface area contributed by atoms with Gasteiger partial charge in [-0.05, 0) is 123 Å². The molecule has 0 saturated carbocycles. The average Bonchev–Trinajstić information content (AvgIpc) is 3.09. The zero-order chi connectivity index (χ0) is 33.2. The van der Waals surface area contributed by atoms with Gasteiger partial charge >= 0.3 is 0 Å². The quantitative estimate of drug-likeness (QED) is 0.136. The molecule has 0 N–H and O–H groups in total.